The highest BCUT2D eigenvalue weighted by Crippen LogP contribution is 2.37. The molecule has 28 heavy (non-hydrogen) atoms. The second-order valence-corrected chi connectivity index (χ2v) is 10.0. The first-order chi connectivity index (χ1) is 12.7. The summed E-state index contributed by atoms with van der Waals surface area (Å²) < 4.78 is 12.4. The molecule has 0 spiro atoms. The van der Waals surface area contributed by atoms with Gasteiger partial charge in [0.15, 0.2) is 0 Å². The minimum Gasteiger partial charge on any atom is -0.290 e. The normalized spacial score (nSPS) is 19.5. The number of carbonyl (C=O) groups is 2. The second kappa shape index (κ2) is 8.32. The number of para-hydroxylation sites is 1. The molecular formula is C17H19Cl4FN4O2. The summed E-state index contributed by atoms with van der Waals surface area (Å²) >= 11 is 24.0. The molecule has 0 aromatic heterocycles. The van der Waals surface area contributed by atoms with Crippen molar-refractivity contribution in [1.82, 2.24) is 10.2 Å². The lowest BCUT2D eigenvalue weighted by molar-refractivity contribution is -0.119. The van der Waals surface area contributed by atoms with E-state index in [9.17, 15) is 14.0 Å². The smallest absolute Gasteiger partial charge is 0.290 e. The second-order valence-electron chi connectivity index (χ2n) is 7.17. The van der Waals surface area contributed by atoms with Crippen molar-refractivity contribution in [2.45, 2.75) is 41.6 Å². The van der Waals surface area contributed by atoms with Gasteiger partial charge in [-0.2, -0.15) is 0 Å². The van der Waals surface area contributed by atoms with Crippen molar-refractivity contribution in [1.29, 1.82) is 0 Å². The number of nitrogens with zero attached hydrogens (tertiary/aromatic N) is 3. The van der Waals surface area contributed by atoms with E-state index in [4.69, 9.17) is 46.4 Å². The molecule has 2 unspecified atom stereocenters. The first-order valence-corrected chi connectivity index (χ1v) is 9.74. The standard InChI is InChI=1S/C17H19Cl4FN4O2/c1-16(2,3)24-12(11(18)17(19,20)21)23-13-14(27)25(4)15(28)26(13)10-8-6-5-7-9(10)22/h5-8,11-12,24H,1-4H3. The lowest BCUT2D eigenvalue weighted by Gasteiger charge is -2.32. The van der Waals surface area contributed by atoms with Crippen LogP contribution < -0.4 is 10.2 Å². The predicted molar refractivity (Wildman–Crippen MR) is 111 cm³/mol. The Kier molecular flexibility index (Phi) is 6.88. The number of rotatable bonds is 4. The summed E-state index contributed by atoms with van der Waals surface area (Å²) in [6.45, 7) is 5.47. The Morgan fingerprint density at radius 3 is 2.21 bits per heavy atom. The molecule has 0 bridgehead atoms. The first-order valence-electron chi connectivity index (χ1n) is 8.17. The SMILES string of the molecule is CN1C(=O)C(=NC(NC(C)(C)C)C(Cl)C(Cl)(Cl)Cl)N(c2ccccc2F)C1=O. The van der Waals surface area contributed by atoms with Gasteiger partial charge >= 0.3 is 6.03 Å². The Labute approximate surface area is 182 Å². The van der Waals surface area contributed by atoms with Crippen molar-refractivity contribution in [3.8, 4) is 0 Å². The Morgan fingerprint density at radius 1 is 1.14 bits per heavy atom. The Balaban J connectivity index is 2.59. The molecule has 3 amide bonds. The number of likely N-dealkylation sites (N-methyl/N-ethyl adjacent to an activating group) is 1. The van der Waals surface area contributed by atoms with Crippen LogP contribution in [-0.2, 0) is 4.79 Å². The summed E-state index contributed by atoms with van der Waals surface area (Å²) in [5.74, 6) is -1.77. The summed E-state index contributed by atoms with van der Waals surface area (Å²) in [7, 11) is 1.26. The zero-order valence-corrected chi connectivity index (χ0v) is 18.5. The van der Waals surface area contributed by atoms with Crippen molar-refractivity contribution >= 4 is 69.9 Å². The molecule has 11 heteroatoms. The molecule has 6 nitrogen and oxygen atoms in total. The fourth-order valence-corrected chi connectivity index (χ4v) is 2.94. The molecule has 2 rings (SSSR count). The molecule has 1 aromatic carbocycles. The quantitative estimate of drug-likeness (QED) is 0.525. The van der Waals surface area contributed by atoms with E-state index in [1.165, 1.54) is 31.3 Å². The number of amidine groups is 1. The van der Waals surface area contributed by atoms with Gasteiger partial charge in [0.05, 0.1) is 5.69 Å². The van der Waals surface area contributed by atoms with Crippen LogP contribution in [0.15, 0.2) is 29.3 Å². The number of aliphatic imine (C=N–C) groups is 1. The number of imide groups is 1. The van der Waals surface area contributed by atoms with Gasteiger partial charge in [0.25, 0.3) is 5.91 Å². The van der Waals surface area contributed by atoms with Crippen LogP contribution in [0.1, 0.15) is 20.8 Å². The highest BCUT2D eigenvalue weighted by atomic mass is 35.6. The van der Waals surface area contributed by atoms with E-state index < -0.39 is 38.6 Å². The maximum absolute atomic E-state index is 14.3. The van der Waals surface area contributed by atoms with E-state index in [0.29, 0.717) is 0 Å². The van der Waals surface area contributed by atoms with Crippen molar-refractivity contribution < 1.29 is 14.0 Å². The lowest BCUT2D eigenvalue weighted by atomic mass is 10.1. The number of hydrogen-bond donors (Lipinski definition) is 1. The van der Waals surface area contributed by atoms with Gasteiger partial charge in [-0.25, -0.2) is 19.1 Å². The maximum Gasteiger partial charge on any atom is 0.337 e. The number of carbonyl (C=O) groups excluding carboxylic acids is 2. The van der Waals surface area contributed by atoms with E-state index >= 15 is 0 Å². The summed E-state index contributed by atoms with van der Waals surface area (Å²) in [6.07, 6.45) is -1.07. The van der Waals surface area contributed by atoms with Gasteiger partial charge in [-0.15, -0.1) is 11.6 Å². The van der Waals surface area contributed by atoms with Crippen LogP contribution in [0, 0.1) is 5.82 Å². The van der Waals surface area contributed by atoms with Crippen molar-refractivity contribution in [3.05, 3.63) is 30.1 Å². The molecule has 1 heterocycles. The van der Waals surface area contributed by atoms with E-state index in [-0.39, 0.29) is 11.5 Å². The van der Waals surface area contributed by atoms with E-state index in [0.717, 1.165) is 9.80 Å². The van der Waals surface area contributed by atoms with Crippen LogP contribution >= 0.6 is 46.4 Å². The van der Waals surface area contributed by atoms with E-state index in [1.807, 2.05) is 20.8 Å². The number of benzene rings is 1. The zero-order valence-electron chi connectivity index (χ0n) is 15.5. The molecule has 0 aliphatic carbocycles. The van der Waals surface area contributed by atoms with Gasteiger partial charge in [-0.3, -0.25) is 15.0 Å². The lowest BCUT2D eigenvalue weighted by Crippen LogP contribution is -2.51. The third kappa shape index (κ3) is 5.07. The van der Waals surface area contributed by atoms with E-state index in [2.05, 4.69) is 10.3 Å². The average Bonchev–Trinajstić information content (AvgIpc) is 2.76. The third-order valence-electron chi connectivity index (χ3n) is 3.71. The minimum atomic E-state index is -1.92. The number of alkyl halides is 4. The topological polar surface area (TPSA) is 65.0 Å². The minimum absolute atomic E-state index is 0.126. The van der Waals surface area contributed by atoms with Crippen LogP contribution in [0.4, 0.5) is 14.9 Å². The van der Waals surface area contributed by atoms with Gasteiger partial charge < -0.3 is 0 Å². The molecular weight excluding hydrogens is 453 g/mol. The van der Waals surface area contributed by atoms with Gasteiger partial charge in [0, 0.05) is 12.6 Å². The fourth-order valence-electron chi connectivity index (χ4n) is 2.46. The molecule has 1 aliphatic heterocycles. The Hall–Kier alpha value is -1.12. The molecule has 1 saturated heterocycles. The number of anilines is 1. The molecule has 2 atom stereocenters. The molecule has 0 saturated carbocycles. The third-order valence-corrected chi connectivity index (χ3v) is 5.32. The van der Waals surface area contributed by atoms with Crippen LogP contribution in [0.5, 0.6) is 0 Å². The number of urea groups is 1. The fraction of sp³-hybridized carbons (Fsp3) is 0.471. The molecule has 1 N–H and O–H groups in total. The number of halogens is 5. The van der Waals surface area contributed by atoms with Crippen molar-refractivity contribution in [3.63, 3.8) is 0 Å². The Bertz CT molecular complexity index is 807. The van der Waals surface area contributed by atoms with Crippen LogP contribution in [-0.4, -0.2) is 50.6 Å². The van der Waals surface area contributed by atoms with E-state index in [1.54, 1.807) is 0 Å². The van der Waals surface area contributed by atoms with Crippen LogP contribution in [0.3, 0.4) is 0 Å². The molecule has 1 aromatic rings. The monoisotopic (exact) mass is 470 g/mol. The van der Waals surface area contributed by atoms with Gasteiger partial charge in [-0.05, 0) is 32.9 Å². The molecule has 1 aliphatic rings. The highest BCUT2D eigenvalue weighted by molar-refractivity contribution is 6.70. The molecule has 154 valence electrons. The van der Waals surface area contributed by atoms with Gasteiger partial charge in [0.1, 0.15) is 17.4 Å². The number of hydrogen-bond acceptors (Lipinski definition) is 4. The number of nitrogens with one attached hydrogen (secondary N) is 1. The summed E-state index contributed by atoms with van der Waals surface area (Å²) in [5, 5.41) is 1.86. The highest BCUT2D eigenvalue weighted by Gasteiger charge is 2.45. The predicted octanol–water partition coefficient (Wildman–Crippen LogP) is 4.31. The van der Waals surface area contributed by atoms with Gasteiger partial charge in [0.2, 0.25) is 9.63 Å². The first kappa shape index (κ1) is 23.2. The average molecular weight is 472 g/mol. The largest absolute Gasteiger partial charge is 0.337 e. The van der Waals surface area contributed by atoms with Gasteiger partial charge in [-0.1, -0.05) is 46.9 Å². The zero-order chi connectivity index (χ0) is 21.4. The molecule has 1 fully saturated rings. The van der Waals surface area contributed by atoms with Crippen LogP contribution in [0.2, 0.25) is 0 Å². The molecule has 0 radical (unpaired) electrons. The summed E-state index contributed by atoms with van der Waals surface area (Å²) in [6, 6.07) is 4.75. The Morgan fingerprint density at radius 2 is 1.71 bits per heavy atom. The summed E-state index contributed by atoms with van der Waals surface area (Å²) in [4.78, 5) is 31.2. The summed E-state index contributed by atoms with van der Waals surface area (Å²) in [5.41, 5.74) is -0.656. The maximum atomic E-state index is 14.3. The van der Waals surface area contributed by atoms with Crippen molar-refractivity contribution in [2.75, 3.05) is 11.9 Å². The number of amides is 3. The van der Waals surface area contributed by atoms with Crippen molar-refractivity contribution in [2.24, 2.45) is 4.99 Å². The van der Waals surface area contributed by atoms with Crippen LogP contribution in [0.25, 0.3) is 0 Å².